The number of carbonyl (C=O) groups is 2. The SMILES string of the molecule is CCN(C)C(=O)Nc1ccc(-c2c3nc4c(cnn4c2N)C(=O)NC[Si](C)Oc2ncc(F)cc2CN3)cc1. The fourth-order valence-electron chi connectivity index (χ4n) is 4.04. The molecule has 0 fully saturated rings. The van der Waals surface area contributed by atoms with Crippen LogP contribution in [0.15, 0.2) is 42.7 Å². The zero-order valence-corrected chi connectivity index (χ0v) is 22.6. The second-order valence-electron chi connectivity index (χ2n) is 8.99. The molecule has 2 bridgehead atoms. The number of aromatic nitrogens is 4. The van der Waals surface area contributed by atoms with Crippen molar-refractivity contribution in [3.63, 3.8) is 0 Å². The molecule has 4 aromatic rings. The number of fused-ring (bicyclic) bond motifs is 2. The van der Waals surface area contributed by atoms with Crippen LogP contribution in [0.4, 0.5) is 26.5 Å². The predicted molar refractivity (Wildman–Crippen MR) is 146 cm³/mol. The van der Waals surface area contributed by atoms with Crippen LogP contribution in [0.25, 0.3) is 16.8 Å². The first-order chi connectivity index (χ1) is 18.7. The second-order valence-corrected chi connectivity index (χ2v) is 11.0. The molecule has 14 heteroatoms. The van der Waals surface area contributed by atoms with Gasteiger partial charge in [0, 0.05) is 37.6 Å². The van der Waals surface area contributed by atoms with Crippen LogP contribution >= 0.6 is 0 Å². The van der Waals surface area contributed by atoms with Crippen LogP contribution < -0.4 is 26.1 Å². The Morgan fingerprint density at radius 1 is 1.28 bits per heavy atom. The van der Waals surface area contributed by atoms with Gasteiger partial charge in [-0.2, -0.15) is 9.61 Å². The Morgan fingerprint density at radius 2 is 2.05 bits per heavy atom. The van der Waals surface area contributed by atoms with Crippen LogP contribution in [0.5, 0.6) is 5.88 Å². The highest BCUT2D eigenvalue weighted by atomic mass is 28.3. The number of nitrogens with two attached hydrogens (primary N) is 1. The molecule has 5 N–H and O–H groups in total. The fraction of sp³-hybridized carbons (Fsp3) is 0.240. The maximum Gasteiger partial charge on any atom is 0.321 e. The van der Waals surface area contributed by atoms with Crippen molar-refractivity contribution in [2.75, 3.05) is 36.1 Å². The third kappa shape index (κ3) is 5.18. The Kier molecular flexibility index (Phi) is 7.02. The summed E-state index contributed by atoms with van der Waals surface area (Å²) in [7, 11) is 0.163. The van der Waals surface area contributed by atoms with Gasteiger partial charge in [0.15, 0.2) is 5.65 Å². The minimum Gasteiger partial charge on any atom is -0.527 e. The molecule has 12 nitrogen and oxygen atoms in total. The summed E-state index contributed by atoms with van der Waals surface area (Å²) in [6.07, 6.45) is 2.79. The molecule has 3 aromatic heterocycles. The largest absolute Gasteiger partial charge is 0.527 e. The molecule has 201 valence electrons. The van der Waals surface area contributed by atoms with E-state index in [4.69, 9.17) is 15.1 Å². The van der Waals surface area contributed by atoms with Crippen LogP contribution in [0.2, 0.25) is 6.55 Å². The number of nitrogens with one attached hydrogen (secondary N) is 3. The van der Waals surface area contributed by atoms with Gasteiger partial charge in [-0.25, -0.2) is 19.2 Å². The molecule has 1 radical (unpaired) electrons. The Bertz CT molecular complexity index is 1560. The van der Waals surface area contributed by atoms with Crippen molar-refractivity contribution < 1.29 is 18.4 Å². The molecule has 1 aliphatic rings. The van der Waals surface area contributed by atoms with E-state index in [0.29, 0.717) is 34.7 Å². The van der Waals surface area contributed by atoms with E-state index in [9.17, 15) is 14.0 Å². The number of hydrogen-bond acceptors (Lipinski definition) is 8. The first kappa shape index (κ1) is 25.9. The maximum absolute atomic E-state index is 14.1. The van der Waals surface area contributed by atoms with Crippen LogP contribution in [0.1, 0.15) is 22.8 Å². The number of nitrogens with zero attached hydrogens (tertiary/aromatic N) is 5. The van der Waals surface area contributed by atoms with Crippen molar-refractivity contribution in [1.29, 1.82) is 0 Å². The molecule has 5 rings (SSSR count). The number of halogens is 1. The summed E-state index contributed by atoms with van der Waals surface area (Å²) in [5, 5.41) is 13.2. The summed E-state index contributed by atoms with van der Waals surface area (Å²) in [5.41, 5.74) is 9.41. The highest BCUT2D eigenvalue weighted by Crippen LogP contribution is 2.35. The van der Waals surface area contributed by atoms with Crippen molar-refractivity contribution in [3.8, 4) is 17.0 Å². The van der Waals surface area contributed by atoms with E-state index in [0.717, 1.165) is 6.20 Å². The maximum atomic E-state index is 14.1. The molecule has 0 spiro atoms. The number of urea groups is 1. The third-order valence-corrected chi connectivity index (χ3v) is 7.50. The molecule has 1 aromatic carbocycles. The Morgan fingerprint density at radius 3 is 2.79 bits per heavy atom. The zero-order chi connectivity index (χ0) is 27.7. The van der Waals surface area contributed by atoms with Gasteiger partial charge in [0.1, 0.15) is 23.0 Å². The minimum absolute atomic E-state index is 0.132. The molecule has 0 saturated heterocycles. The number of anilines is 3. The van der Waals surface area contributed by atoms with Gasteiger partial charge in [-0.3, -0.25) is 4.79 Å². The van der Waals surface area contributed by atoms with Gasteiger partial charge in [-0.15, -0.1) is 0 Å². The Labute approximate surface area is 225 Å². The Hall–Kier alpha value is -4.72. The molecular weight excluding hydrogens is 521 g/mol. The van der Waals surface area contributed by atoms with Gasteiger partial charge in [0.05, 0.1) is 18.0 Å². The first-order valence-corrected chi connectivity index (χ1v) is 14.3. The second kappa shape index (κ2) is 10.6. The molecule has 1 aliphatic heterocycles. The summed E-state index contributed by atoms with van der Waals surface area (Å²) in [4.78, 5) is 35.6. The highest BCUT2D eigenvalue weighted by molar-refractivity contribution is 6.51. The summed E-state index contributed by atoms with van der Waals surface area (Å²) in [6, 6.07) is 8.21. The number of hydrogen-bond donors (Lipinski definition) is 4. The molecule has 0 atom stereocenters. The normalized spacial score (nSPS) is 13.8. The number of nitrogen functional groups attached to an aromatic ring is 1. The van der Waals surface area contributed by atoms with Crippen LogP contribution in [-0.2, 0) is 6.54 Å². The summed E-state index contributed by atoms with van der Waals surface area (Å²) >= 11 is 0. The van der Waals surface area contributed by atoms with Crippen LogP contribution in [0.3, 0.4) is 0 Å². The first-order valence-electron chi connectivity index (χ1n) is 12.2. The van der Waals surface area contributed by atoms with Crippen LogP contribution in [-0.4, -0.2) is 65.2 Å². The lowest BCUT2D eigenvalue weighted by atomic mass is 10.1. The van der Waals surface area contributed by atoms with E-state index in [-0.39, 0.29) is 47.6 Å². The number of rotatable bonds is 3. The average molecular weight is 549 g/mol. The number of benzene rings is 1. The van der Waals surface area contributed by atoms with E-state index in [2.05, 4.69) is 26.0 Å². The average Bonchev–Trinajstić information content (AvgIpc) is 3.36. The molecule has 39 heavy (non-hydrogen) atoms. The van der Waals surface area contributed by atoms with E-state index < -0.39 is 14.9 Å². The number of pyridine rings is 1. The van der Waals surface area contributed by atoms with Crippen molar-refractivity contribution in [2.45, 2.75) is 20.0 Å². The fourth-order valence-corrected chi connectivity index (χ4v) is 5.03. The molecule has 4 heterocycles. The zero-order valence-electron chi connectivity index (χ0n) is 21.6. The lowest BCUT2D eigenvalue weighted by molar-refractivity contribution is 0.0960. The summed E-state index contributed by atoms with van der Waals surface area (Å²) in [5.74, 6) is 0.00697. The van der Waals surface area contributed by atoms with Gasteiger partial charge < -0.3 is 31.0 Å². The topological polar surface area (TPSA) is 152 Å². The third-order valence-electron chi connectivity index (χ3n) is 6.28. The van der Waals surface area contributed by atoms with Gasteiger partial charge in [-0.1, -0.05) is 12.1 Å². The predicted octanol–water partition coefficient (Wildman–Crippen LogP) is 2.89. The number of carbonyl (C=O) groups excluding carboxylic acids is 2. The molecule has 0 aliphatic carbocycles. The van der Waals surface area contributed by atoms with E-state index >= 15 is 0 Å². The van der Waals surface area contributed by atoms with Gasteiger partial charge in [0.2, 0.25) is 5.88 Å². The van der Waals surface area contributed by atoms with Crippen LogP contribution in [0, 0.1) is 5.82 Å². The highest BCUT2D eigenvalue weighted by Gasteiger charge is 2.24. The Balaban J connectivity index is 1.59. The van der Waals surface area contributed by atoms with Crippen molar-refractivity contribution in [1.82, 2.24) is 29.8 Å². The molecule has 0 saturated carbocycles. The van der Waals surface area contributed by atoms with Gasteiger partial charge >= 0.3 is 6.03 Å². The molecule has 0 unspecified atom stereocenters. The summed E-state index contributed by atoms with van der Waals surface area (Å²) < 4.78 is 21.5. The van der Waals surface area contributed by atoms with Crippen molar-refractivity contribution in [2.24, 2.45) is 0 Å². The van der Waals surface area contributed by atoms with E-state index in [1.807, 2.05) is 13.5 Å². The summed E-state index contributed by atoms with van der Waals surface area (Å²) in [6.45, 7) is 4.46. The molecular formula is C25H27FN9O3Si. The van der Waals surface area contributed by atoms with E-state index in [1.165, 1.54) is 16.8 Å². The smallest absolute Gasteiger partial charge is 0.321 e. The number of amides is 3. The standard InChI is InChI=1S/C25H27FN9O3Si/c1-4-34(2)25(37)32-17-7-5-14(6-8-17)19-20(27)35-22-18(12-31-35)23(36)30-13-39(3)38-24-15(9-16(26)11-29-24)10-28-21(19)33-22/h5-9,11-12H,4,10,13,27H2,1-3H3,(H,28,33)(H,30,36)(H,32,37). The van der Waals surface area contributed by atoms with Gasteiger partial charge in [0.25, 0.3) is 14.9 Å². The van der Waals surface area contributed by atoms with E-state index in [1.54, 1.807) is 36.2 Å². The quantitative estimate of drug-likeness (QED) is 0.285. The van der Waals surface area contributed by atoms with Crippen molar-refractivity contribution >= 4 is 43.9 Å². The monoisotopic (exact) mass is 548 g/mol. The minimum atomic E-state index is -1.54. The molecule has 3 amide bonds. The lowest BCUT2D eigenvalue weighted by Gasteiger charge is -2.18. The lowest BCUT2D eigenvalue weighted by Crippen LogP contribution is -2.37. The van der Waals surface area contributed by atoms with Gasteiger partial charge in [-0.05, 0) is 37.2 Å². The van der Waals surface area contributed by atoms with Crippen molar-refractivity contribution in [3.05, 3.63) is 59.7 Å².